The second-order valence-corrected chi connectivity index (χ2v) is 5.20. The summed E-state index contributed by atoms with van der Waals surface area (Å²) in [6.07, 6.45) is 1.05. The fourth-order valence-corrected chi connectivity index (χ4v) is 2.58. The van der Waals surface area contributed by atoms with E-state index in [1.54, 1.807) is 0 Å². The van der Waals surface area contributed by atoms with E-state index in [1.807, 2.05) is 36.2 Å². The Bertz CT molecular complexity index is 388. The maximum atomic E-state index is 12.2. The van der Waals surface area contributed by atoms with Gasteiger partial charge in [0.25, 0.3) is 5.91 Å². The van der Waals surface area contributed by atoms with Crippen molar-refractivity contribution in [3.8, 4) is 0 Å². The van der Waals surface area contributed by atoms with Gasteiger partial charge in [-0.15, -0.1) is 0 Å². The molecular weight excluding hydrogens is 315 g/mol. The normalized spacial score (nSPS) is 19.8. The van der Waals surface area contributed by atoms with Crippen LogP contribution < -0.4 is 5.32 Å². The summed E-state index contributed by atoms with van der Waals surface area (Å²) < 4.78 is 1.02. The number of nitrogens with one attached hydrogen (secondary N) is 1. The number of likely N-dealkylation sites (N-methyl/N-ethyl adjacent to an activating group) is 1. The summed E-state index contributed by atoms with van der Waals surface area (Å²) >= 11 is 2.21. The highest BCUT2D eigenvalue weighted by Crippen LogP contribution is 2.16. The van der Waals surface area contributed by atoms with Crippen LogP contribution in [-0.2, 0) is 0 Å². The monoisotopic (exact) mass is 330 g/mol. The maximum Gasteiger partial charge on any atom is 0.254 e. The SMILES string of the molecule is CN(C(=O)c1ccccc1I)C1CCNC1. The Hall–Kier alpha value is -0.620. The molecule has 1 aromatic carbocycles. The molecule has 0 bridgehead atoms. The predicted molar refractivity (Wildman–Crippen MR) is 72.5 cm³/mol. The Labute approximate surface area is 109 Å². The zero-order valence-electron chi connectivity index (χ0n) is 9.24. The third-order valence-corrected chi connectivity index (χ3v) is 3.95. The van der Waals surface area contributed by atoms with Crippen LogP contribution in [0.5, 0.6) is 0 Å². The summed E-state index contributed by atoms with van der Waals surface area (Å²) in [6, 6.07) is 8.06. The molecule has 0 saturated carbocycles. The van der Waals surface area contributed by atoms with Crippen molar-refractivity contribution in [1.29, 1.82) is 0 Å². The molecule has 1 aliphatic rings. The van der Waals surface area contributed by atoms with Crippen LogP contribution in [0.4, 0.5) is 0 Å². The lowest BCUT2D eigenvalue weighted by Gasteiger charge is -2.24. The minimum atomic E-state index is 0.124. The van der Waals surface area contributed by atoms with Crippen molar-refractivity contribution in [2.45, 2.75) is 12.5 Å². The van der Waals surface area contributed by atoms with Gasteiger partial charge in [0.15, 0.2) is 0 Å². The molecule has 86 valence electrons. The number of nitrogens with zero attached hydrogens (tertiary/aromatic N) is 1. The van der Waals surface area contributed by atoms with Gasteiger partial charge in [-0.2, -0.15) is 0 Å². The van der Waals surface area contributed by atoms with Crippen molar-refractivity contribution in [3.63, 3.8) is 0 Å². The summed E-state index contributed by atoms with van der Waals surface area (Å²) in [5, 5.41) is 3.28. The number of amides is 1. The van der Waals surface area contributed by atoms with Crippen LogP contribution in [0.15, 0.2) is 24.3 Å². The number of benzene rings is 1. The van der Waals surface area contributed by atoms with Gasteiger partial charge in [0, 0.05) is 23.2 Å². The van der Waals surface area contributed by atoms with E-state index in [2.05, 4.69) is 27.9 Å². The third kappa shape index (κ3) is 2.38. The van der Waals surface area contributed by atoms with Crippen molar-refractivity contribution in [1.82, 2.24) is 10.2 Å². The minimum Gasteiger partial charge on any atom is -0.337 e. The van der Waals surface area contributed by atoms with Crippen LogP contribution in [0.2, 0.25) is 0 Å². The third-order valence-electron chi connectivity index (χ3n) is 3.01. The lowest BCUT2D eigenvalue weighted by atomic mass is 10.1. The van der Waals surface area contributed by atoms with E-state index < -0.39 is 0 Å². The van der Waals surface area contributed by atoms with Gasteiger partial charge < -0.3 is 10.2 Å². The molecule has 4 heteroatoms. The lowest BCUT2D eigenvalue weighted by Crippen LogP contribution is -2.38. The van der Waals surface area contributed by atoms with Crippen LogP contribution in [0, 0.1) is 3.57 Å². The molecule has 1 atom stereocenters. The molecule has 1 unspecified atom stereocenters. The Kier molecular flexibility index (Phi) is 3.81. The van der Waals surface area contributed by atoms with Crippen molar-refractivity contribution in [3.05, 3.63) is 33.4 Å². The molecule has 2 rings (SSSR count). The first-order valence-electron chi connectivity index (χ1n) is 5.42. The highest BCUT2D eigenvalue weighted by atomic mass is 127. The van der Waals surface area contributed by atoms with Gasteiger partial charge in [-0.05, 0) is 47.7 Å². The largest absolute Gasteiger partial charge is 0.337 e. The standard InChI is InChI=1S/C12H15IN2O/c1-15(9-6-7-14-8-9)12(16)10-4-2-3-5-11(10)13/h2-5,9,14H,6-8H2,1H3. The molecule has 0 spiro atoms. The van der Waals surface area contributed by atoms with Crippen LogP contribution in [0.1, 0.15) is 16.8 Å². The molecular formula is C12H15IN2O. The highest BCUT2D eigenvalue weighted by Gasteiger charge is 2.24. The fraction of sp³-hybridized carbons (Fsp3) is 0.417. The molecule has 16 heavy (non-hydrogen) atoms. The predicted octanol–water partition coefficient (Wildman–Crippen LogP) is 1.73. The molecule has 0 radical (unpaired) electrons. The number of carbonyl (C=O) groups is 1. The second kappa shape index (κ2) is 5.14. The Morgan fingerprint density at radius 1 is 1.50 bits per heavy atom. The molecule has 0 aromatic heterocycles. The summed E-state index contributed by atoms with van der Waals surface area (Å²) in [7, 11) is 1.89. The molecule has 1 heterocycles. The van der Waals surface area contributed by atoms with E-state index in [4.69, 9.17) is 0 Å². The highest BCUT2D eigenvalue weighted by molar-refractivity contribution is 14.1. The van der Waals surface area contributed by atoms with Crippen molar-refractivity contribution in [2.24, 2.45) is 0 Å². The first kappa shape index (κ1) is 11.9. The van der Waals surface area contributed by atoms with Crippen LogP contribution in [0.3, 0.4) is 0 Å². The van der Waals surface area contributed by atoms with E-state index in [1.165, 1.54) is 0 Å². The van der Waals surface area contributed by atoms with Gasteiger partial charge >= 0.3 is 0 Å². The van der Waals surface area contributed by atoms with Crippen molar-refractivity contribution in [2.75, 3.05) is 20.1 Å². The van der Waals surface area contributed by atoms with Crippen molar-refractivity contribution < 1.29 is 4.79 Å². The average Bonchev–Trinajstić information content (AvgIpc) is 2.81. The van der Waals surface area contributed by atoms with E-state index in [0.29, 0.717) is 6.04 Å². The number of halogens is 1. The number of hydrogen-bond acceptors (Lipinski definition) is 2. The van der Waals surface area contributed by atoms with E-state index in [-0.39, 0.29) is 5.91 Å². The summed E-state index contributed by atoms with van der Waals surface area (Å²) in [4.78, 5) is 14.1. The number of carbonyl (C=O) groups excluding carboxylic acids is 1. The smallest absolute Gasteiger partial charge is 0.254 e. The average molecular weight is 330 g/mol. The summed E-state index contributed by atoms with van der Waals surface area (Å²) in [5.74, 6) is 0.124. The van der Waals surface area contributed by atoms with Crippen molar-refractivity contribution >= 4 is 28.5 Å². The van der Waals surface area contributed by atoms with Gasteiger partial charge in [-0.25, -0.2) is 0 Å². The molecule has 1 fully saturated rings. The number of hydrogen-bond donors (Lipinski definition) is 1. The van der Waals surface area contributed by atoms with Crippen LogP contribution in [-0.4, -0.2) is 37.0 Å². The van der Waals surface area contributed by atoms with E-state index in [0.717, 1.165) is 28.6 Å². The fourth-order valence-electron chi connectivity index (χ4n) is 1.96. The molecule has 0 aliphatic carbocycles. The zero-order valence-corrected chi connectivity index (χ0v) is 11.4. The van der Waals surface area contributed by atoms with Gasteiger partial charge in [0.1, 0.15) is 0 Å². The van der Waals surface area contributed by atoms with Gasteiger partial charge in [0.05, 0.1) is 5.56 Å². The molecule has 1 aliphatic heterocycles. The molecule has 1 saturated heterocycles. The number of rotatable bonds is 2. The van der Waals surface area contributed by atoms with E-state index in [9.17, 15) is 4.79 Å². The van der Waals surface area contributed by atoms with Crippen LogP contribution >= 0.6 is 22.6 Å². The Morgan fingerprint density at radius 3 is 2.88 bits per heavy atom. The molecule has 1 N–H and O–H groups in total. The summed E-state index contributed by atoms with van der Waals surface area (Å²) in [5.41, 5.74) is 0.803. The molecule has 3 nitrogen and oxygen atoms in total. The molecule has 1 aromatic rings. The first-order chi connectivity index (χ1) is 7.70. The lowest BCUT2D eigenvalue weighted by molar-refractivity contribution is 0.0742. The topological polar surface area (TPSA) is 32.3 Å². The van der Waals surface area contributed by atoms with E-state index >= 15 is 0 Å². The maximum absolute atomic E-state index is 12.2. The molecule has 1 amide bonds. The van der Waals surface area contributed by atoms with Gasteiger partial charge in [-0.3, -0.25) is 4.79 Å². The zero-order chi connectivity index (χ0) is 11.5. The summed E-state index contributed by atoms with van der Waals surface area (Å²) in [6.45, 7) is 1.92. The minimum absolute atomic E-state index is 0.124. The Balaban J connectivity index is 2.15. The van der Waals surface area contributed by atoms with Crippen LogP contribution in [0.25, 0.3) is 0 Å². The second-order valence-electron chi connectivity index (χ2n) is 4.04. The first-order valence-corrected chi connectivity index (χ1v) is 6.50. The van der Waals surface area contributed by atoms with Gasteiger partial charge in [0.2, 0.25) is 0 Å². The van der Waals surface area contributed by atoms with Gasteiger partial charge in [-0.1, -0.05) is 12.1 Å². The quantitative estimate of drug-likeness (QED) is 0.838. The Morgan fingerprint density at radius 2 is 2.25 bits per heavy atom.